The van der Waals surface area contributed by atoms with Gasteiger partial charge in [0.05, 0.1) is 5.41 Å². The number of likely N-dealkylation sites (tertiary alicyclic amines) is 1. The van der Waals surface area contributed by atoms with Crippen LogP contribution in [-0.2, 0) is 4.79 Å². The zero-order valence-corrected chi connectivity index (χ0v) is 12.9. The minimum absolute atomic E-state index is 0.0212. The van der Waals surface area contributed by atoms with Gasteiger partial charge >= 0.3 is 12.0 Å². The summed E-state index contributed by atoms with van der Waals surface area (Å²) in [5, 5.41) is 12.7. The second kappa shape index (κ2) is 6.50. The molecule has 0 aromatic rings. The molecule has 19 heavy (non-hydrogen) atoms. The van der Waals surface area contributed by atoms with E-state index in [1.165, 1.54) is 0 Å². The molecule has 6 heteroatoms. The summed E-state index contributed by atoms with van der Waals surface area (Å²) in [7, 11) is 0. The summed E-state index contributed by atoms with van der Waals surface area (Å²) in [6, 6.07) is -0.148. The molecule has 110 valence electrons. The van der Waals surface area contributed by atoms with Crippen LogP contribution < -0.4 is 5.32 Å². The lowest BCUT2D eigenvalue weighted by Gasteiger charge is -2.28. The largest absolute Gasteiger partial charge is 0.481 e. The minimum Gasteiger partial charge on any atom is -0.481 e. The van der Waals surface area contributed by atoms with E-state index in [9.17, 15) is 14.7 Å². The molecule has 2 amide bonds. The molecule has 1 saturated heterocycles. The van der Waals surface area contributed by atoms with E-state index in [0.29, 0.717) is 31.3 Å². The molecule has 0 aliphatic carbocycles. The van der Waals surface area contributed by atoms with Gasteiger partial charge in [0.15, 0.2) is 0 Å². The van der Waals surface area contributed by atoms with E-state index in [1.54, 1.807) is 16.7 Å². The molecule has 0 saturated carbocycles. The highest BCUT2D eigenvalue weighted by Crippen LogP contribution is 2.38. The van der Waals surface area contributed by atoms with Crippen molar-refractivity contribution in [2.24, 2.45) is 11.3 Å². The predicted octanol–water partition coefficient (Wildman–Crippen LogP) is 1.88. The van der Waals surface area contributed by atoms with Crippen molar-refractivity contribution in [1.82, 2.24) is 10.2 Å². The summed E-state index contributed by atoms with van der Waals surface area (Å²) < 4.78 is 0. The van der Waals surface area contributed by atoms with Crippen LogP contribution in [0.2, 0.25) is 0 Å². The van der Waals surface area contributed by atoms with Crippen molar-refractivity contribution in [3.05, 3.63) is 0 Å². The maximum Gasteiger partial charge on any atom is 0.317 e. The molecule has 5 nitrogen and oxygen atoms in total. The third kappa shape index (κ3) is 3.55. The number of carboxylic acids is 1. The predicted molar refractivity (Wildman–Crippen MR) is 77.5 cm³/mol. The Kier molecular flexibility index (Phi) is 5.52. The van der Waals surface area contributed by atoms with Crippen LogP contribution in [0.25, 0.3) is 0 Å². The van der Waals surface area contributed by atoms with Gasteiger partial charge in [-0.25, -0.2) is 4.79 Å². The molecule has 1 aliphatic heterocycles. The molecule has 1 heterocycles. The number of carbonyl (C=O) groups excluding carboxylic acids is 1. The van der Waals surface area contributed by atoms with Crippen molar-refractivity contribution < 1.29 is 14.7 Å². The fraction of sp³-hybridized carbons (Fsp3) is 0.846. The lowest BCUT2D eigenvalue weighted by Crippen LogP contribution is -2.44. The van der Waals surface area contributed by atoms with Crippen LogP contribution in [-0.4, -0.2) is 53.1 Å². The normalized spacial score (nSPS) is 24.6. The average Bonchev–Trinajstić information content (AvgIpc) is 2.81. The molecule has 2 unspecified atom stereocenters. The highest BCUT2D eigenvalue weighted by Gasteiger charge is 2.48. The number of aliphatic carboxylic acids is 1. The average molecular weight is 288 g/mol. The van der Waals surface area contributed by atoms with E-state index in [-0.39, 0.29) is 11.9 Å². The molecule has 0 aromatic heterocycles. The van der Waals surface area contributed by atoms with E-state index in [4.69, 9.17) is 0 Å². The maximum absolute atomic E-state index is 12.0. The third-order valence-corrected chi connectivity index (χ3v) is 5.03. The van der Waals surface area contributed by atoms with Crippen LogP contribution in [0.15, 0.2) is 0 Å². The Balaban J connectivity index is 2.59. The van der Waals surface area contributed by atoms with Gasteiger partial charge < -0.3 is 15.3 Å². The first-order valence-corrected chi connectivity index (χ1v) is 7.91. The first-order valence-electron chi connectivity index (χ1n) is 6.62. The van der Waals surface area contributed by atoms with E-state index >= 15 is 0 Å². The Morgan fingerprint density at radius 3 is 2.47 bits per heavy atom. The Morgan fingerprint density at radius 1 is 1.42 bits per heavy atom. The van der Waals surface area contributed by atoms with Crippen LogP contribution in [0.4, 0.5) is 4.79 Å². The topological polar surface area (TPSA) is 69.6 Å². The molecule has 0 radical (unpaired) electrons. The molecular weight excluding hydrogens is 264 g/mol. The first kappa shape index (κ1) is 16.1. The molecule has 1 rings (SSSR count). The molecule has 0 bridgehead atoms. The van der Waals surface area contributed by atoms with E-state index in [1.807, 2.05) is 27.0 Å². The van der Waals surface area contributed by atoms with Gasteiger partial charge in [0.25, 0.3) is 0 Å². The summed E-state index contributed by atoms with van der Waals surface area (Å²) in [5.41, 5.74) is -0.789. The number of amides is 2. The number of nitrogens with zero attached hydrogens (tertiary/aromatic N) is 1. The summed E-state index contributed by atoms with van der Waals surface area (Å²) in [4.78, 5) is 25.1. The Hall–Kier alpha value is -0.910. The Morgan fingerprint density at radius 2 is 2.05 bits per heavy atom. The van der Waals surface area contributed by atoms with Gasteiger partial charge in [-0.05, 0) is 18.6 Å². The molecule has 1 aliphatic rings. The third-order valence-electron chi connectivity index (χ3n) is 4.06. The first-order chi connectivity index (χ1) is 8.83. The molecule has 0 spiro atoms. The fourth-order valence-electron chi connectivity index (χ4n) is 2.33. The number of rotatable bonds is 5. The summed E-state index contributed by atoms with van der Waals surface area (Å²) in [6.07, 6.45) is 2.53. The number of hydrogen-bond donors (Lipinski definition) is 2. The second-order valence-corrected chi connectivity index (χ2v) is 6.80. The van der Waals surface area contributed by atoms with Crippen molar-refractivity contribution >= 4 is 23.8 Å². The van der Waals surface area contributed by atoms with Crippen molar-refractivity contribution in [1.29, 1.82) is 0 Å². The zero-order valence-electron chi connectivity index (χ0n) is 12.1. The van der Waals surface area contributed by atoms with Crippen molar-refractivity contribution in [2.45, 2.75) is 32.4 Å². The SMILES string of the molecule is CSC(C)CNC(=O)N1CCC(C(=O)O)(C(C)C)C1. The van der Waals surface area contributed by atoms with Gasteiger partial charge in [-0.3, -0.25) is 4.79 Å². The molecule has 2 N–H and O–H groups in total. The van der Waals surface area contributed by atoms with Crippen LogP contribution in [0.1, 0.15) is 27.2 Å². The lowest BCUT2D eigenvalue weighted by atomic mass is 9.76. The van der Waals surface area contributed by atoms with Gasteiger partial charge in [0.2, 0.25) is 0 Å². The van der Waals surface area contributed by atoms with Crippen molar-refractivity contribution in [3.63, 3.8) is 0 Å². The van der Waals surface area contributed by atoms with Gasteiger partial charge in [-0.2, -0.15) is 11.8 Å². The van der Waals surface area contributed by atoms with Gasteiger partial charge in [-0.1, -0.05) is 20.8 Å². The smallest absolute Gasteiger partial charge is 0.317 e. The molecular formula is C13H24N2O3S. The quantitative estimate of drug-likeness (QED) is 0.810. The minimum atomic E-state index is -0.796. The highest BCUT2D eigenvalue weighted by molar-refractivity contribution is 7.99. The Bertz CT molecular complexity index is 349. The summed E-state index contributed by atoms with van der Waals surface area (Å²) >= 11 is 1.69. The standard InChI is InChI=1S/C13H24N2O3S/c1-9(2)13(11(16)17)5-6-15(8-13)12(18)14-7-10(3)19-4/h9-10H,5-8H2,1-4H3,(H,14,18)(H,16,17). The number of carboxylic acid groups (broad SMARTS) is 1. The van der Waals surface area contributed by atoms with Crippen LogP contribution in [0.3, 0.4) is 0 Å². The number of thioether (sulfide) groups is 1. The summed E-state index contributed by atoms with van der Waals surface area (Å²) in [6.45, 7) is 7.29. The van der Waals surface area contributed by atoms with E-state index in [0.717, 1.165) is 0 Å². The lowest BCUT2D eigenvalue weighted by molar-refractivity contribution is -0.150. The van der Waals surface area contributed by atoms with Crippen molar-refractivity contribution in [3.8, 4) is 0 Å². The maximum atomic E-state index is 12.0. The Labute approximate surface area is 119 Å². The van der Waals surface area contributed by atoms with Crippen LogP contribution in [0, 0.1) is 11.3 Å². The number of nitrogens with one attached hydrogen (secondary N) is 1. The van der Waals surface area contributed by atoms with Crippen LogP contribution >= 0.6 is 11.8 Å². The zero-order chi connectivity index (χ0) is 14.6. The second-order valence-electron chi connectivity index (χ2n) is 5.52. The molecule has 2 atom stereocenters. The monoisotopic (exact) mass is 288 g/mol. The van der Waals surface area contributed by atoms with Gasteiger partial charge in [0, 0.05) is 24.9 Å². The summed E-state index contributed by atoms with van der Waals surface area (Å²) in [5.74, 6) is -0.775. The van der Waals surface area contributed by atoms with Crippen LogP contribution in [0.5, 0.6) is 0 Å². The molecule has 1 fully saturated rings. The fourth-order valence-corrected chi connectivity index (χ4v) is 2.58. The number of urea groups is 1. The van der Waals surface area contributed by atoms with Gasteiger partial charge in [0.1, 0.15) is 0 Å². The molecule has 0 aromatic carbocycles. The number of hydrogen-bond acceptors (Lipinski definition) is 3. The van der Waals surface area contributed by atoms with Gasteiger partial charge in [-0.15, -0.1) is 0 Å². The number of carbonyl (C=O) groups is 2. The highest BCUT2D eigenvalue weighted by atomic mass is 32.2. The van der Waals surface area contributed by atoms with E-state index < -0.39 is 11.4 Å². The van der Waals surface area contributed by atoms with Crippen molar-refractivity contribution in [2.75, 3.05) is 25.9 Å². The van der Waals surface area contributed by atoms with E-state index in [2.05, 4.69) is 5.32 Å².